The molecule has 1 amide bonds. The molecule has 5 heteroatoms. The molecule has 114 valence electrons. The van der Waals surface area contributed by atoms with Gasteiger partial charge in [0, 0.05) is 18.5 Å². The second kappa shape index (κ2) is 6.16. The van der Waals surface area contributed by atoms with Crippen LogP contribution >= 0.6 is 0 Å². The zero-order valence-electron chi connectivity index (χ0n) is 12.9. The quantitative estimate of drug-likeness (QED) is 0.798. The van der Waals surface area contributed by atoms with Gasteiger partial charge in [-0.05, 0) is 19.9 Å². The minimum atomic E-state index is -0.413. The first-order chi connectivity index (χ1) is 9.95. The molecule has 0 saturated heterocycles. The molecule has 0 N–H and O–H groups in total. The third-order valence-corrected chi connectivity index (χ3v) is 3.79. The lowest BCUT2D eigenvalue weighted by atomic mass is 9.96. The molecule has 1 aliphatic heterocycles. The van der Waals surface area contributed by atoms with Gasteiger partial charge >= 0.3 is 5.97 Å². The van der Waals surface area contributed by atoms with Gasteiger partial charge in [0.05, 0.1) is 12.2 Å². The van der Waals surface area contributed by atoms with E-state index < -0.39 is 5.97 Å². The maximum Gasteiger partial charge on any atom is 0.325 e. The van der Waals surface area contributed by atoms with Crippen LogP contribution in [-0.2, 0) is 9.53 Å². The van der Waals surface area contributed by atoms with Gasteiger partial charge in [0.15, 0.2) is 0 Å². The van der Waals surface area contributed by atoms with Crippen molar-refractivity contribution in [2.24, 2.45) is 0 Å². The Balaban J connectivity index is 2.20. The molecule has 0 aliphatic carbocycles. The standard InChI is InChI=1S/C16H21NO4/c1-5-20-14(18)9-17(4)16(19)13-8-6-7-12-10(2)11(3)21-15(12)13/h6-8,10-11H,5,9H2,1-4H3. The summed E-state index contributed by atoms with van der Waals surface area (Å²) >= 11 is 0. The van der Waals surface area contributed by atoms with Crippen LogP contribution in [0, 0.1) is 0 Å². The van der Waals surface area contributed by atoms with Gasteiger partial charge in [-0.15, -0.1) is 0 Å². The number of esters is 1. The number of hydrogen-bond donors (Lipinski definition) is 0. The van der Waals surface area contributed by atoms with E-state index in [1.54, 1.807) is 20.0 Å². The lowest BCUT2D eigenvalue weighted by Crippen LogP contribution is -2.33. The Bertz CT molecular complexity index is 555. The summed E-state index contributed by atoms with van der Waals surface area (Å²) < 4.78 is 10.7. The second-order valence-corrected chi connectivity index (χ2v) is 5.30. The maximum atomic E-state index is 12.5. The van der Waals surface area contributed by atoms with Crippen molar-refractivity contribution in [2.75, 3.05) is 20.2 Å². The monoisotopic (exact) mass is 291 g/mol. The molecule has 1 heterocycles. The first-order valence-corrected chi connectivity index (χ1v) is 7.16. The van der Waals surface area contributed by atoms with Gasteiger partial charge in [-0.1, -0.05) is 19.1 Å². The number of para-hydroxylation sites is 1. The number of amides is 1. The average molecular weight is 291 g/mol. The minimum Gasteiger partial charge on any atom is -0.489 e. The molecule has 1 aliphatic rings. The number of fused-ring (bicyclic) bond motifs is 1. The molecular weight excluding hydrogens is 270 g/mol. The highest BCUT2D eigenvalue weighted by Crippen LogP contribution is 2.40. The Kier molecular flexibility index (Phi) is 4.50. The summed E-state index contributed by atoms with van der Waals surface area (Å²) in [6, 6.07) is 5.56. The molecule has 2 unspecified atom stereocenters. The van der Waals surface area contributed by atoms with E-state index in [1.807, 2.05) is 19.1 Å². The first kappa shape index (κ1) is 15.4. The van der Waals surface area contributed by atoms with E-state index in [9.17, 15) is 9.59 Å². The molecule has 0 bridgehead atoms. The zero-order valence-corrected chi connectivity index (χ0v) is 12.9. The largest absolute Gasteiger partial charge is 0.489 e. The smallest absolute Gasteiger partial charge is 0.325 e. The molecule has 0 spiro atoms. The third-order valence-electron chi connectivity index (χ3n) is 3.79. The average Bonchev–Trinajstić information content (AvgIpc) is 2.74. The SMILES string of the molecule is CCOC(=O)CN(C)C(=O)c1cccc2c1OC(C)C2C. The predicted molar refractivity (Wildman–Crippen MR) is 78.5 cm³/mol. The third kappa shape index (κ3) is 3.01. The van der Waals surface area contributed by atoms with Crippen LogP contribution in [0.1, 0.15) is 42.6 Å². The topological polar surface area (TPSA) is 55.8 Å². The van der Waals surface area contributed by atoms with Crippen molar-refractivity contribution in [3.63, 3.8) is 0 Å². The summed E-state index contributed by atoms with van der Waals surface area (Å²) in [5, 5.41) is 0. The molecule has 0 fully saturated rings. The van der Waals surface area contributed by atoms with E-state index in [2.05, 4.69) is 6.92 Å². The highest BCUT2D eigenvalue weighted by molar-refractivity contribution is 5.98. The molecule has 1 aromatic rings. The van der Waals surface area contributed by atoms with E-state index in [1.165, 1.54) is 4.90 Å². The highest BCUT2D eigenvalue weighted by Gasteiger charge is 2.32. The van der Waals surface area contributed by atoms with Crippen LogP contribution < -0.4 is 4.74 Å². The Morgan fingerprint density at radius 2 is 2.05 bits per heavy atom. The molecule has 21 heavy (non-hydrogen) atoms. The number of benzene rings is 1. The summed E-state index contributed by atoms with van der Waals surface area (Å²) in [6.45, 7) is 6.04. The number of nitrogens with zero attached hydrogens (tertiary/aromatic N) is 1. The van der Waals surface area contributed by atoms with Gasteiger partial charge in [-0.25, -0.2) is 0 Å². The zero-order chi connectivity index (χ0) is 15.6. The van der Waals surface area contributed by atoms with Crippen LogP contribution in [0.4, 0.5) is 0 Å². The summed E-state index contributed by atoms with van der Waals surface area (Å²) in [6.07, 6.45) is 0.0457. The summed E-state index contributed by atoms with van der Waals surface area (Å²) in [7, 11) is 1.58. The Morgan fingerprint density at radius 3 is 2.71 bits per heavy atom. The molecule has 1 aromatic carbocycles. The van der Waals surface area contributed by atoms with Crippen LogP contribution in [0.3, 0.4) is 0 Å². The van der Waals surface area contributed by atoms with Gasteiger partial charge in [0.1, 0.15) is 18.4 Å². The van der Waals surface area contributed by atoms with Crippen LogP contribution in [0.25, 0.3) is 0 Å². The number of hydrogen-bond acceptors (Lipinski definition) is 4. The predicted octanol–water partition coefficient (Wildman–Crippen LogP) is 2.21. The van der Waals surface area contributed by atoms with Crippen LogP contribution in [0.2, 0.25) is 0 Å². The Hall–Kier alpha value is -2.04. The number of ether oxygens (including phenoxy) is 2. The van der Waals surface area contributed by atoms with E-state index in [-0.39, 0.29) is 24.5 Å². The van der Waals surface area contributed by atoms with Gasteiger partial charge < -0.3 is 14.4 Å². The fraction of sp³-hybridized carbons (Fsp3) is 0.500. The number of carbonyl (C=O) groups excluding carboxylic acids is 2. The molecule has 2 atom stereocenters. The normalized spacial score (nSPS) is 19.6. The molecule has 5 nitrogen and oxygen atoms in total. The lowest BCUT2D eigenvalue weighted by Gasteiger charge is -2.17. The number of likely N-dealkylation sites (N-methyl/N-ethyl adjacent to an activating group) is 1. The van der Waals surface area contributed by atoms with Gasteiger partial charge in [0.2, 0.25) is 0 Å². The van der Waals surface area contributed by atoms with Crippen molar-refractivity contribution >= 4 is 11.9 Å². The molecule has 0 radical (unpaired) electrons. The fourth-order valence-electron chi connectivity index (χ4n) is 2.43. The Labute approximate surface area is 124 Å². The van der Waals surface area contributed by atoms with Gasteiger partial charge in [-0.3, -0.25) is 9.59 Å². The van der Waals surface area contributed by atoms with Crippen molar-refractivity contribution in [2.45, 2.75) is 32.8 Å². The van der Waals surface area contributed by atoms with Gasteiger partial charge in [-0.2, -0.15) is 0 Å². The van der Waals surface area contributed by atoms with Crippen molar-refractivity contribution in [3.05, 3.63) is 29.3 Å². The first-order valence-electron chi connectivity index (χ1n) is 7.16. The lowest BCUT2D eigenvalue weighted by molar-refractivity contribution is -0.143. The number of carbonyl (C=O) groups is 2. The van der Waals surface area contributed by atoms with Crippen LogP contribution in [0.5, 0.6) is 5.75 Å². The van der Waals surface area contributed by atoms with E-state index in [0.717, 1.165) is 5.56 Å². The second-order valence-electron chi connectivity index (χ2n) is 5.30. The maximum absolute atomic E-state index is 12.5. The molecule has 2 rings (SSSR count). The summed E-state index contributed by atoms with van der Waals surface area (Å²) in [5.41, 5.74) is 1.54. The van der Waals surface area contributed by atoms with E-state index in [4.69, 9.17) is 9.47 Å². The fourth-order valence-corrected chi connectivity index (χ4v) is 2.43. The number of rotatable bonds is 4. The minimum absolute atomic E-state index is 0.0457. The highest BCUT2D eigenvalue weighted by atomic mass is 16.5. The van der Waals surface area contributed by atoms with Crippen molar-refractivity contribution < 1.29 is 19.1 Å². The molecule has 0 aromatic heterocycles. The Morgan fingerprint density at radius 1 is 1.33 bits per heavy atom. The van der Waals surface area contributed by atoms with Crippen LogP contribution in [-0.4, -0.2) is 43.1 Å². The van der Waals surface area contributed by atoms with Crippen molar-refractivity contribution in [1.82, 2.24) is 4.90 Å². The van der Waals surface area contributed by atoms with Crippen molar-refractivity contribution in [1.29, 1.82) is 0 Å². The summed E-state index contributed by atoms with van der Waals surface area (Å²) in [5.74, 6) is 0.242. The van der Waals surface area contributed by atoms with Crippen LogP contribution in [0.15, 0.2) is 18.2 Å². The molecular formula is C16H21NO4. The van der Waals surface area contributed by atoms with Gasteiger partial charge in [0.25, 0.3) is 5.91 Å². The summed E-state index contributed by atoms with van der Waals surface area (Å²) in [4.78, 5) is 25.3. The van der Waals surface area contributed by atoms with E-state index in [0.29, 0.717) is 17.9 Å². The van der Waals surface area contributed by atoms with Crippen molar-refractivity contribution in [3.8, 4) is 5.75 Å². The molecule has 0 saturated carbocycles. The van der Waals surface area contributed by atoms with E-state index >= 15 is 0 Å².